The number of non-ortho nitro benzene ring substituents is 1. The molecule has 0 bridgehead atoms. The van der Waals surface area contributed by atoms with Gasteiger partial charge in [0.2, 0.25) is 5.75 Å². The van der Waals surface area contributed by atoms with Crippen LogP contribution in [0.2, 0.25) is 0 Å². The second-order valence-corrected chi connectivity index (χ2v) is 3.92. The summed E-state index contributed by atoms with van der Waals surface area (Å²) < 4.78 is 26.2. The zero-order valence-electron chi connectivity index (χ0n) is 11.2. The fourth-order valence-electron chi connectivity index (χ4n) is 1.77. The monoisotopic (exact) mass is 285 g/mol. The highest BCUT2D eigenvalue weighted by atomic mass is 16.7. The van der Waals surface area contributed by atoms with Crippen molar-refractivity contribution in [2.45, 2.75) is 6.29 Å². The zero-order valence-corrected chi connectivity index (χ0v) is 11.2. The molecule has 110 valence electrons. The minimum Gasteiger partial charge on any atom is -0.492 e. The first kappa shape index (κ1) is 14.4. The van der Waals surface area contributed by atoms with E-state index in [9.17, 15) is 10.1 Å². The van der Waals surface area contributed by atoms with Crippen LogP contribution in [0, 0.1) is 10.1 Å². The molecule has 8 heteroatoms. The summed E-state index contributed by atoms with van der Waals surface area (Å²) in [7, 11) is 2.79. The van der Waals surface area contributed by atoms with Crippen LogP contribution in [0.1, 0.15) is 0 Å². The van der Waals surface area contributed by atoms with Gasteiger partial charge >= 0.3 is 0 Å². The molecule has 0 radical (unpaired) electrons. The molecule has 1 aliphatic heterocycles. The van der Waals surface area contributed by atoms with Crippen LogP contribution in [-0.4, -0.2) is 45.3 Å². The van der Waals surface area contributed by atoms with E-state index in [0.717, 1.165) is 0 Å². The first-order valence-electron chi connectivity index (χ1n) is 5.92. The number of nitrogens with zero attached hydrogens (tertiary/aromatic N) is 1. The number of rotatable bonds is 6. The predicted octanol–water partition coefficient (Wildman–Crippen LogP) is 1.36. The standard InChI is InChI=1S/C12H15NO7/c1-16-9-5-8(13(14)15)6-10(17-2)12(9)20-7-11-18-3-4-19-11/h5-6,11H,3-4,7H2,1-2H3. The Kier molecular flexibility index (Phi) is 4.59. The number of methoxy groups -OCH3 is 2. The summed E-state index contributed by atoms with van der Waals surface area (Å²) in [5, 5.41) is 10.8. The lowest BCUT2D eigenvalue weighted by atomic mass is 10.2. The quantitative estimate of drug-likeness (QED) is 0.576. The van der Waals surface area contributed by atoms with Gasteiger partial charge in [-0.2, -0.15) is 0 Å². The van der Waals surface area contributed by atoms with Gasteiger partial charge in [0, 0.05) is 0 Å². The molecule has 0 spiro atoms. The molecule has 1 aliphatic rings. The van der Waals surface area contributed by atoms with Crippen LogP contribution in [0.3, 0.4) is 0 Å². The van der Waals surface area contributed by atoms with E-state index in [1.807, 2.05) is 0 Å². The van der Waals surface area contributed by atoms with Gasteiger partial charge in [-0.3, -0.25) is 10.1 Å². The summed E-state index contributed by atoms with van der Waals surface area (Å²) in [5.74, 6) is 0.711. The van der Waals surface area contributed by atoms with E-state index in [1.54, 1.807) is 0 Å². The number of hydrogen-bond acceptors (Lipinski definition) is 7. The van der Waals surface area contributed by atoms with Gasteiger partial charge in [0.1, 0.15) is 6.61 Å². The molecule has 20 heavy (non-hydrogen) atoms. The lowest BCUT2D eigenvalue weighted by Gasteiger charge is -2.16. The van der Waals surface area contributed by atoms with E-state index in [-0.39, 0.29) is 29.5 Å². The van der Waals surface area contributed by atoms with Crippen molar-refractivity contribution in [2.24, 2.45) is 0 Å². The third-order valence-electron chi connectivity index (χ3n) is 2.71. The molecule has 1 fully saturated rings. The molecule has 1 aromatic carbocycles. The Balaban J connectivity index is 2.22. The predicted molar refractivity (Wildman–Crippen MR) is 67.4 cm³/mol. The van der Waals surface area contributed by atoms with Gasteiger partial charge in [-0.05, 0) is 0 Å². The Bertz CT molecular complexity index is 460. The van der Waals surface area contributed by atoms with Crippen molar-refractivity contribution in [3.05, 3.63) is 22.2 Å². The second-order valence-electron chi connectivity index (χ2n) is 3.92. The van der Waals surface area contributed by atoms with Crippen LogP contribution in [-0.2, 0) is 9.47 Å². The second kappa shape index (κ2) is 6.40. The Labute approximate surface area is 115 Å². The first-order valence-corrected chi connectivity index (χ1v) is 5.92. The molecule has 2 rings (SSSR count). The molecule has 0 aromatic heterocycles. The Morgan fingerprint density at radius 2 is 1.80 bits per heavy atom. The summed E-state index contributed by atoms with van der Waals surface area (Å²) in [6.07, 6.45) is -0.459. The van der Waals surface area contributed by atoms with Crippen LogP contribution in [0.15, 0.2) is 12.1 Å². The van der Waals surface area contributed by atoms with E-state index in [0.29, 0.717) is 13.2 Å². The van der Waals surface area contributed by atoms with E-state index in [1.165, 1.54) is 26.4 Å². The van der Waals surface area contributed by atoms with Gasteiger partial charge < -0.3 is 23.7 Å². The fourth-order valence-corrected chi connectivity index (χ4v) is 1.77. The van der Waals surface area contributed by atoms with Gasteiger partial charge in [0.25, 0.3) is 5.69 Å². The largest absolute Gasteiger partial charge is 0.492 e. The normalized spacial score (nSPS) is 15.1. The average molecular weight is 285 g/mol. The third kappa shape index (κ3) is 3.09. The number of benzene rings is 1. The lowest BCUT2D eigenvalue weighted by Crippen LogP contribution is -2.18. The molecule has 0 N–H and O–H groups in total. The van der Waals surface area contributed by atoms with Gasteiger partial charge in [-0.25, -0.2) is 0 Å². The molecule has 1 heterocycles. The van der Waals surface area contributed by atoms with E-state index in [4.69, 9.17) is 23.7 Å². The molecule has 1 saturated heterocycles. The van der Waals surface area contributed by atoms with E-state index in [2.05, 4.69) is 0 Å². The smallest absolute Gasteiger partial charge is 0.277 e. The fraction of sp³-hybridized carbons (Fsp3) is 0.500. The summed E-state index contributed by atoms with van der Waals surface area (Å²) in [6.45, 7) is 1.18. The van der Waals surface area contributed by atoms with Crippen LogP contribution >= 0.6 is 0 Å². The number of hydrogen-bond donors (Lipinski definition) is 0. The molecule has 8 nitrogen and oxygen atoms in total. The summed E-state index contributed by atoms with van der Waals surface area (Å²) in [4.78, 5) is 10.3. The molecule has 0 atom stereocenters. The Morgan fingerprint density at radius 3 is 2.25 bits per heavy atom. The molecule has 0 aliphatic carbocycles. The maximum Gasteiger partial charge on any atom is 0.277 e. The van der Waals surface area contributed by atoms with E-state index >= 15 is 0 Å². The van der Waals surface area contributed by atoms with Gasteiger partial charge in [0.15, 0.2) is 17.8 Å². The Morgan fingerprint density at radius 1 is 1.25 bits per heavy atom. The molecule has 0 unspecified atom stereocenters. The van der Waals surface area contributed by atoms with Crippen molar-refractivity contribution in [1.82, 2.24) is 0 Å². The summed E-state index contributed by atoms with van der Waals surface area (Å²) in [5.41, 5.74) is -0.139. The van der Waals surface area contributed by atoms with Crippen molar-refractivity contribution in [3.8, 4) is 17.2 Å². The van der Waals surface area contributed by atoms with Crippen molar-refractivity contribution in [3.63, 3.8) is 0 Å². The van der Waals surface area contributed by atoms with Crippen LogP contribution in [0.4, 0.5) is 5.69 Å². The number of ether oxygens (including phenoxy) is 5. The molecule has 0 saturated carbocycles. The van der Waals surface area contributed by atoms with Crippen LogP contribution < -0.4 is 14.2 Å². The maximum atomic E-state index is 10.8. The third-order valence-corrected chi connectivity index (χ3v) is 2.71. The average Bonchev–Trinajstić information content (AvgIpc) is 2.97. The lowest BCUT2D eigenvalue weighted by molar-refractivity contribution is -0.385. The minimum atomic E-state index is -0.530. The zero-order chi connectivity index (χ0) is 14.5. The molecular formula is C12H15NO7. The highest BCUT2D eigenvalue weighted by Crippen LogP contribution is 2.41. The maximum absolute atomic E-state index is 10.8. The number of nitro benzene ring substituents is 1. The highest BCUT2D eigenvalue weighted by Gasteiger charge is 2.22. The van der Waals surface area contributed by atoms with Crippen LogP contribution in [0.25, 0.3) is 0 Å². The highest BCUT2D eigenvalue weighted by molar-refractivity contribution is 5.58. The Hall–Kier alpha value is -2.06. The summed E-state index contributed by atoms with van der Waals surface area (Å²) >= 11 is 0. The van der Waals surface area contributed by atoms with Crippen molar-refractivity contribution in [1.29, 1.82) is 0 Å². The van der Waals surface area contributed by atoms with Crippen molar-refractivity contribution < 1.29 is 28.6 Å². The summed E-state index contributed by atoms with van der Waals surface area (Å²) in [6, 6.07) is 2.54. The minimum absolute atomic E-state index is 0.139. The molecule has 1 aromatic rings. The van der Waals surface area contributed by atoms with Gasteiger partial charge in [-0.15, -0.1) is 0 Å². The van der Waals surface area contributed by atoms with Crippen molar-refractivity contribution in [2.75, 3.05) is 34.0 Å². The number of nitro groups is 1. The first-order chi connectivity index (χ1) is 9.65. The van der Waals surface area contributed by atoms with Gasteiger partial charge in [-0.1, -0.05) is 0 Å². The SMILES string of the molecule is COc1cc([N+](=O)[O-])cc(OC)c1OCC1OCCO1. The van der Waals surface area contributed by atoms with E-state index < -0.39 is 11.2 Å². The molecule has 0 amide bonds. The topological polar surface area (TPSA) is 89.3 Å². The van der Waals surface area contributed by atoms with Crippen LogP contribution in [0.5, 0.6) is 17.2 Å². The van der Waals surface area contributed by atoms with Crippen molar-refractivity contribution >= 4 is 5.69 Å². The molecular weight excluding hydrogens is 270 g/mol. The van der Waals surface area contributed by atoms with Gasteiger partial charge in [0.05, 0.1) is 44.5 Å².